The Hall–Kier alpha value is -0.0900. The Balaban J connectivity index is 2.08. The van der Waals surface area contributed by atoms with Gasteiger partial charge in [-0.05, 0) is 18.4 Å². The molecule has 0 unspecified atom stereocenters. The Labute approximate surface area is 92.6 Å². The van der Waals surface area contributed by atoms with Crippen LogP contribution in [0, 0.1) is 0 Å². The number of hydrogen-bond donors (Lipinski definition) is 0. The number of ether oxygens (including phenoxy) is 1. The van der Waals surface area contributed by atoms with Crippen LogP contribution in [0.15, 0.2) is 30.3 Å². The van der Waals surface area contributed by atoms with Gasteiger partial charge >= 0.3 is 0 Å². The third-order valence-corrected chi connectivity index (χ3v) is 3.93. The maximum absolute atomic E-state index is 5.66. The van der Waals surface area contributed by atoms with E-state index >= 15 is 0 Å². The SMILES string of the molecule is I[C@@H](c1ccccc1)[C@H]1CCCO1. The molecule has 1 nitrogen and oxygen atoms in total. The maximum Gasteiger partial charge on any atom is 0.0734 e. The highest BCUT2D eigenvalue weighted by Gasteiger charge is 2.24. The van der Waals surface area contributed by atoms with E-state index in [1.165, 1.54) is 18.4 Å². The summed E-state index contributed by atoms with van der Waals surface area (Å²) in [6.07, 6.45) is 2.86. The van der Waals surface area contributed by atoms with Gasteiger partial charge < -0.3 is 4.74 Å². The summed E-state index contributed by atoms with van der Waals surface area (Å²) in [4.78, 5) is 0. The van der Waals surface area contributed by atoms with Gasteiger partial charge in [-0.2, -0.15) is 0 Å². The summed E-state index contributed by atoms with van der Waals surface area (Å²) in [5.74, 6) is 0. The molecular formula is C11H13IO. The fraction of sp³-hybridized carbons (Fsp3) is 0.455. The minimum absolute atomic E-state index is 0.433. The highest BCUT2D eigenvalue weighted by molar-refractivity contribution is 14.1. The predicted octanol–water partition coefficient (Wildman–Crippen LogP) is 3.34. The van der Waals surface area contributed by atoms with E-state index in [1.54, 1.807) is 0 Å². The van der Waals surface area contributed by atoms with Crippen molar-refractivity contribution >= 4 is 22.6 Å². The molecule has 13 heavy (non-hydrogen) atoms. The third kappa shape index (κ3) is 2.23. The first-order valence-corrected chi connectivity index (χ1v) is 5.93. The van der Waals surface area contributed by atoms with Crippen LogP contribution in [0.1, 0.15) is 22.3 Å². The van der Waals surface area contributed by atoms with Crippen LogP contribution in [0.5, 0.6) is 0 Å². The predicted molar refractivity (Wildman–Crippen MR) is 62.2 cm³/mol. The molecule has 1 aromatic rings. The summed E-state index contributed by atoms with van der Waals surface area (Å²) in [7, 11) is 0. The van der Waals surface area contributed by atoms with E-state index in [9.17, 15) is 0 Å². The maximum atomic E-state index is 5.66. The lowest BCUT2D eigenvalue weighted by Gasteiger charge is -2.16. The molecule has 1 fully saturated rings. The monoisotopic (exact) mass is 288 g/mol. The molecule has 0 aliphatic carbocycles. The molecule has 0 N–H and O–H groups in total. The van der Waals surface area contributed by atoms with Crippen LogP contribution in [-0.4, -0.2) is 12.7 Å². The number of hydrogen-bond acceptors (Lipinski definition) is 1. The lowest BCUT2D eigenvalue weighted by atomic mass is 10.1. The van der Waals surface area contributed by atoms with E-state index in [0.717, 1.165) is 6.61 Å². The van der Waals surface area contributed by atoms with Gasteiger partial charge in [0, 0.05) is 6.61 Å². The van der Waals surface area contributed by atoms with Gasteiger partial charge in [-0.3, -0.25) is 0 Å². The molecule has 0 saturated carbocycles. The molecule has 1 aliphatic rings. The van der Waals surface area contributed by atoms with E-state index in [2.05, 4.69) is 52.9 Å². The summed E-state index contributed by atoms with van der Waals surface area (Å²) in [5, 5.41) is 0. The molecule has 2 rings (SSSR count). The first-order chi connectivity index (χ1) is 6.38. The standard InChI is InChI=1S/C11H13IO/c12-11(10-7-4-8-13-10)9-5-2-1-3-6-9/h1-3,5-6,10-11H,4,7-8H2/t10-,11+/m1/s1. The molecule has 0 aromatic heterocycles. The Morgan fingerprint density at radius 1 is 1.31 bits per heavy atom. The second-order valence-electron chi connectivity index (χ2n) is 3.36. The zero-order valence-corrected chi connectivity index (χ0v) is 9.61. The van der Waals surface area contributed by atoms with E-state index in [-0.39, 0.29) is 0 Å². The summed E-state index contributed by atoms with van der Waals surface area (Å²) < 4.78 is 6.18. The van der Waals surface area contributed by atoms with E-state index < -0.39 is 0 Å². The van der Waals surface area contributed by atoms with Crippen molar-refractivity contribution in [1.82, 2.24) is 0 Å². The molecule has 0 radical (unpaired) electrons. The van der Waals surface area contributed by atoms with Gasteiger partial charge in [-0.25, -0.2) is 0 Å². The minimum atomic E-state index is 0.433. The van der Waals surface area contributed by atoms with Crippen LogP contribution in [0.25, 0.3) is 0 Å². The molecule has 2 heteroatoms. The summed E-state index contributed by atoms with van der Waals surface area (Å²) >= 11 is 2.48. The molecule has 1 aliphatic heterocycles. The van der Waals surface area contributed by atoms with Gasteiger partial charge in [0.15, 0.2) is 0 Å². The third-order valence-electron chi connectivity index (χ3n) is 2.41. The fourth-order valence-electron chi connectivity index (χ4n) is 1.68. The zero-order valence-electron chi connectivity index (χ0n) is 7.45. The van der Waals surface area contributed by atoms with E-state index in [4.69, 9.17) is 4.74 Å². The normalized spacial score (nSPS) is 24.5. The molecule has 1 saturated heterocycles. The van der Waals surface area contributed by atoms with Gasteiger partial charge in [0.05, 0.1) is 10.0 Å². The average Bonchev–Trinajstić information content (AvgIpc) is 2.71. The number of rotatable bonds is 2. The van der Waals surface area contributed by atoms with Crippen LogP contribution >= 0.6 is 22.6 Å². The highest BCUT2D eigenvalue weighted by atomic mass is 127. The second-order valence-corrected chi connectivity index (χ2v) is 4.71. The van der Waals surface area contributed by atoms with Crippen molar-refractivity contribution in [3.05, 3.63) is 35.9 Å². The lowest BCUT2D eigenvalue weighted by Crippen LogP contribution is -2.11. The van der Waals surface area contributed by atoms with Crippen molar-refractivity contribution in [2.45, 2.75) is 22.9 Å². The van der Waals surface area contributed by atoms with Crippen molar-refractivity contribution < 1.29 is 4.74 Å². The topological polar surface area (TPSA) is 9.23 Å². The van der Waals surface area contributed by atoms with Crippen molar-refractivity contribution in [2.75, 3.05) is 6.61 Å². The van der Waals surface area contributed by atoms with Gasteiger partial charge in [0.25, 0.3) is 0 Å². The molecule has 2 atom stereocenters. The highest BCUT2D eigenvalue weighted by Crippen LogP contribution is 2.33. The molecule has 0 bridgehead atoms. The lowest BCUT2D eigenvalue weighted by molar-refractivity contribution is 0.112. The van der Waals surface area contributed by atoms with Crippen molar-refractivity contribution in [2.24, 2.45) is 0 Å². The average molecular weight is 288 g/mol. The Kier molecular flexibility index (Phi) is 3.22. The molecule has 1 aromatic carbocycles. The first-order valence-electron chi connectivity index (χ1n) is 4.68. The largest absolute Gasteiger partial charge is 0.377 e. The zero-order chi connectivity index (χ0) is 9.10. The summed E-state index contributed by atoms with van der Waals surface area (Å²) in [6.45, 7) is 0.941. The second kappa shape index (κ2) is 4.42. The molecule has 70 valence electrons. The van der Waals surface area contributed by atoms with E-state index in [1.807, 2.05) is 0 Å². The fourth-order valence-corrected chi connectivity index (χ4v) is 2.67. The minimum Gasteiger partial charge on any atom is -0.377 e. The van der Waals surface area contributed by atoms with E-state index in [0.29, 0.717) is 10.0 Å². The smallest absolute Gasteiger partial charge is 0.0734 e. The Bertz CT molecular complexity index is 254. The van der Waals surface area contributed by atoms with Gasteiger partial charge in [0.2, 0.25) is 0 Å². The van der Waals surface area contributed by atoms with Gasteiger partial charge in [-0.1, -0.05) is 52.9 Å². The number of benzene rings is 1. The van der Waals surface area contributed by atoms with Gasteiger partial charge in [0.1, 0.15) is 0 Å². The molecule has 1 heterocycles. The molecule has 0 amide bonds. The number of halogens is 1. The summed E-state index contributed by atoms with van der Waals surface area (Å²) in [6, 6.07) is 10.6. The van der Waals surface area contributed by atoms with Crippen LogP contribution in [0.3, 0.4) is 0 Å². The van der Waals surface area contributed by atoms with Crippen LogP contribution in [0.2, 0.25) is 0 Å². The molecular weight excluding hydrogens is 275 g/mol. The van der Waals surface area contributed by atoms with Gasteiger partial charge in [-0.15, -0.1) is 0 Å². The van der Waals surface area contributed by atoms with Crippen molar-refractivity contribution in [3.8, 4) is 0 Å². The van der Waals surface area contributed by atoms with Crippen LogP contribution in [-0.2, 0) is 4.74 Å². The van der Waals surface area contributed by atoms with Crippen LogP contribution < -0.4 is 0 Å². The van der Waals surface area contributed by atoms with Crippen molar-refractivity contribution in [3.63, 3.8) is 0 Å². The summed E-state index contributed by atoms with van der Waals surface area (Å²) in [5.41, 5.74) is 1.38. The Morgan fingerprint density at radius 2 is 2.08 bits per heavy atom. The molecule has 0 spiro atoms. The van der Waals surface area contributed by atoms with Crippen molar-refractivity contribution in [1.29, 1.82) is 0 Å². The number of alkyl halides is 1. The van der Waals surface area contributed by atoms with Crippen LogP contribution in [0.4, 0.5) is 0 Å². The first kappa shape index (κ1) is 9.46. The Morgan fingerprint density at radius 3 is 2.69 bits per heavy atom. The quantitative estimate of drug-likeness (QED) is 0.599.